The molecule has 1 aliphatic carbocycles. The van der Waals surface area contributed by atoms with Gasteiger partial charge in [0.2, 0.25) is 0 Å². The fourth-order valence-corrected chi connectivity index (χ4v) is 6.27. The molecule has 0 aromatic heterocycles. The lowest BCUT2D eigenvalue weighted by atomic mass is 10.1. The van der Waals surface area contributed by atoms with Crippen LogP contribution in [-0.4, -0.2) is 19.2 Å². The maximum absolute atomic E-state index is 12.7. The Hall–Kier alpha value is -2.19. The molecule has 0 N–H and O–H groups in total. The lowest BCUT2D eigenvalue weighted by Crippen LogP contribution is -2.28. The third kappa shape index (κ3) is 4.70. The highest BCUT2D eigenvalue weighted by Crippen LogP contribution is 2.37. The number of hydrogen-bond acceptors (Lipinski definition) is 3. The van der Waals surface area contributed by atoms with Gasteiger partial charge in [0.25, 0.3) is 0 Å². The number of alkyl halides is 3. The Kier molecular flexibility index (Phi) is 6.14. The molecule has 3 nitrogen and oxygen atoms in total. The van der Waals surface area contributed by atoms with Crippen LogP contribution in [0.25, 0.3) is 0 Å². The van der Waals surface area contributed by atoms with E-state index in [1.165, 1.54) is 0 Å². The molecular weight excluding hydrogens is 421 g/mol. The van der Waals surface area contributed by atoms with Gasteiger partial charge in [-0.2, -0.15) is 21.6 Å². The molecule has 1 aliphatic rings. The summed E-state index contributed by atoms with van der Waals surface area (Å²) in [7, 11) is -6.09. The molecule has 0 fully saturated rings. The van der Waals surface area contributed by atoms with Crippen molar-refractivity contribution < 1.29 is 25.8 Å². The van der Waals surface area contributed by atoms with E-state index in [1.54, 1.807) is 26.0 Å². The molecule has 0 saturated carbocycles. The molecule has 8 heteroatoms. The fraction of sp³-hybridized carbons (Fsp3) is 0.238. The minimum atomic E-state index is -5.72. The van der Waals surface area contributed by atoms with E-state index in [4.69, 9.17) is 0 Å². The summed E-state index contributed by atoms with van der Waals surface area (Å²) in [6, 6.07) is 13.3. The van der Waals surface area contributed by atoms with Crippen molar-refractivity contribution in [1.29, 1.82) is 0 Å². The SMILES string of the molecule is Cc1cc([S+](c2ccccc2)C2C=CC=CC2)cc(C)c1OS(=O)(=O)C(F)(F)F. The van der Waals surface area contributed by atoms with E-state index in [0.29, 0.717) is 11.1 Å². The van der Waals surface area contributed by atoms with E-state index in [2.05, 4.69) is 16.3 Å². The highest BCUT2D eigenvalue weighted by Gasteiger charge is 2.49. The summed E-state index contributed by atoms with van der Waals surface area (Å²) in [4.78, 5) is 2.03. The van der Waals surface area contributed by atoms with E-state index in [9.17, 15) is 21.6 Å². The van der Waals surface area contributed by atoms with Crippen LogP contribution in [0.15, 0.2) is 76.6 Å². The largest absolute Gasteiger partial charge is 0.534 e. The van der Waals surface area contributed by atoms with Crippen LogP contribution in [0, 0.1) is 13.8 Å². The van der Waals surface area contributed by atoms with Crippen LogP contribution in [-0.2, 0) is 21.0 Å². The summed E-state index contributed by atoms with van der Waals surface area (Å²) in [5.74, 6) is -0.276. The maximum Gasteiger partial charge on any atom is 0.534 e. The zero-order valence-electron chi connectivity index (χ0n) is 15.8. The summed E-state index contributed by atoms with van der Waals surface area (Å²) in [6.07, 6.45) is 9.02. The number of halogens is 3. The Balaban J connectivity index is 2.05. The summed E-state index contributed by atoms with van der Waals surface area (Å²) >= 11 is 0. The Labute approximate surface area is 171 Å². The first-order chi connectivity index (χ1) is 13.6. The number of aryl methyl sites for hydroxylation is 2. The standard InChI is InChI=1S/C21H20F3O3S2/c1-15-13-19(14-16(2)20(15)27-29(25,26)21(22,23)24)28(17-9-5-3-6-10-17)18-11-7-4-8-12-18/h3-11,13-14,18H,12H2,1-2H3/q+1. The number of rotatable bonds is 5. The quantitative estimate of drug-likeness (QED) is 0.352. The Bertz CT molecular complexity index is 1020. The minimum absolute atomic E-state index is 0.201. The molecule has 0 amide bonds. The van der Waals surface area contributed by atoms with Crippen LogP contribution in [0.2, 0.25) is 0 Å². The normalized spacial score (nSPS) is 17.9. The highest BCUT2D eigenvalue weighted by molar-refractivity contribution is 7.97. The molecule has 2 aromatic carbocycles. The van der Waals surface area contributed by atoms with Gasteiger partial charge in [0.1, 0.15) is 5.75 Å². The van der Waals surface area contributed by atoms with Crippen molar-refractivity contribution in [2.24, 2.45) is 0 Å². The Morgan fingerprint density at radius 2 is 1.62 bits per heavy atom. The van der Waals surface area contributed by atoms with Crippen molar-refractivity contribution in [3.63, 3.8) is 0 Å². The van der Waals surface area contributed by atoms with Gasteiger partial charge < -0.3 is 4.18 Å². The predicted octanol–water partition coefficient (Wildman–Crippen LogP) is 5.45. The third-order valence-electron chi connectivity index (χ3n) is 4.41. The van der Waals surface area contributed by atoms with E-state index >= 15 is 0 Å². The molecule has 29 heavy (non-hydrogen) atoms. The molecular formula is C21H20F3O3S2+. The molecule has 2 aromatic rings. The molecule has 154 valence electrons. The van der Waals surface area contributed by atoms with E-state index in [1.807, 2.05) is 42.5 Å². The molecule has 0 radical (unpaired) electrons. The van der Waals surface area contributed by atoms with Crippen molar-refractivity contribution in [2.45, 2.75) is 40.8 Å². The number of hydrogen-bond donors (Lipinski definition) is 0. The predicted molar refractivity (Wildman–Crippen MR) is 109 cm³/mol. The lowest BCUT2D eigenvalue weighted by Gasteiger charge is -2.19. The first-order valence-electron chi connectivity index (χ1n) is 8.83. The Morgan fingerprint density at radius 1 is 1.00 bits per heavy atom. The van der Waals surface area contributed by atoms with Crippen LogP contribution < -0.4 is 4.18 Å². The minimum Gasteiger partial charge on any atom is -0.375 e. The second kappa shape index (κ2) is 8.28. The fourth-order valence-electron chi connectivity index (χ4n) is 3.11. The number of benzene rings is 2. The highest BCUT2D eigenvalue weighted by atomic mass is 32.2. The van der Waals surface area contributed by atoms with Crippen molar-refractivity contribution in [3.05, 3.63) is 77.9 Å². The summed E-state index contributed by atoms with van der Waals surface area (Å²) in [5, 5.41) is 0.201. The van der Waals surface area contributed by atoms with Gasteiger partial charge in [0.15, 0.2) is 15.0 Å². The van der Waals surface area contributed by atoms with Crippen LogP contribution in [0.3, 0.4) is 0 Å². The smallest absolute Gasteiger partial charge is 0.375 e. The molecule has 0 bridgehead atoms. The van der Waals surface area contributed by atoms with Crippen molar-refractivity contribution in [2.75, 3.05) is 0 Å². The van der Waals surface area contributed by atoms with Crippen molar-refractivity contribution in [1.82, 2.24) is 0 Å². The molecule has 2 atom stereocenters. The van der Waals surface area contributed by atoms with Crippen LogP contribution in [0.4, 0.5) is 13.2 Å². The van der Waals surface area contributed by atoms with Gasteiger partial charge in [-0.15, -0.1) is 0 Å². The molecule has 3 rings (SSSR count). The average Bonchev–Trinajstić information content (AvgIpc) is 2.66. The van der Waals surface area contributed by atoms with Crippen molar-refractivity contribution in [3.8, 4) is 5.75 Å². The molecule has 0 spiro atoms. The zero-order valence-corrected chi connectivity index (χ0v) is 17.4. The third-order valence-corrected chi connectivity index (χ3v) is 7.84. The zero-order chi connectivity index (χ0) is 21.2. The van der Waals surface area contributed by atoms with Gasteiger partial charge >= 0.3 is 15.6 Å². The van der Waals surface area contributed by atoms with Gasteiger partial charge in [0, 0.05) is 18.6 Å². The Morgan fingerprint density at radius 3 is 2.14 bits per heavy atom. The second-order valence-corrected chi connectivity index (χ2v) is 10.4. The van der Waals surface area contributed by atoms with E-state index in [-0.39, 0.29) is 21.9 Å². The van der Waals surface area contributed by atoms with Crippen LogP contribution in [0.5, 0.6) is 5.75 Å². The van der Waals surface area contributed by atoms with Crippen LogP contribution >= 0.6 is 0 Å². The molecule has 0 saturated heterocycles. The average molecular weight is 442 g/mol. The first-order valence-corrected chi connectivity index (χ1v) is 11.5. The van der Waals surface area contributed by atoms with Gasteiger partial charge in [-0.3, -0.25) is 0 Å². The van der Waals surface area contributed by atoms with Gasteiger partial charge in [-0.25, -0.2) is 0 Å². The van der Waals surface area contributed by atoms with Gasteiger partial charge in [-0.05, 0) is 43.2 Å². The van der Waals surface area contributed by atoms with E-state index < -0.39 is 15.6 Å². The summed E-state index contributed by atoms with van der Waals surface area (Å²) in [5.41, 5.74) is -4.79. The number of allylic oxidation sites excluding steroid dienone is 3. The molecule has 0 aliphatic heterocycles. The topological polar surface area (TPSA) is 43.4 Å². The second-order valence-electron chi connectivity index (χ2n) is 6.61. The van der Waals surface area contributed by atoms with Gasteiger partial charge in [0.05, 0.1) is 10.9 Å². The monoisotopic (exact) mass is 441 g/mol. The molecule has 0 heterocycles. The van der Waals surface area contributed by atoms with Gasteiger partial charge in [-0.1, -0.05) is 36.4 Å². The lowest BCUT2D eigenvalue weighted by molar-refractivity contribution is -0.0500. The van der Waals surface area contributed by atoms with Crippen LogP contribution in [0.1, 0.15) is 17.5 Å². The van der Waals surface area contributed by atoms with E-state index in [0.717, 1.165) is 16.2 Å². The summed E-state index contributed by atoms with van der Waals surface area (Å²) < 4.78 is 65.5. The van der Waals surface area contributed by atoms with Crippen molar-refractivity contribution >= 4 is 21.0 Å². The maximum atomic E-state index is 12.7. The summed E-state index contributed by atoms with van der Waals surface area (Å²) in [6.45, 7) is 3.11. The first kappa shape index (κ1) is 21.5. The molecule has 2 unspecified atom stereocenters.